The molecule has 6 nitrogen and oxygen atoms in total. The SMILES string of the molecule is COC(=O)C(=Cc1cc(OCc2ccccc2)c(C)cc1Br)NC(=O)OCc1ccccc1. The van der Waals surface area contributed by atoms with E-state index in [2.05, 4.69) is 21.2 Å². The third kappa shape index (κ3) is 7.22. The monoisotopic (exact) mass is 509 g/mol. The van der Waals surface area contributed by atoms with Crippen molar-refractivity contribution in [3.05, 3.63) is 105 Å². The quantitative estimate of drug-likeness (QED) is 0.308. The summed E-state index contributed by atoms with van der Waals surface area (Å²) in [6.45, 7) is 2.41. The molecule has 0 heterocycles. The van der Waals surface area contributed by atoms with Crippen LogP contribution in [-0.4, -0.2) is 19.2 Å². The molecule has 3 aromatic carbocycles. The second kappa shape index (κ2) is 11.9. The average molecular weight is 510 g/mol. The molecule has 1 N–H and O–H groups in total. The highest BCUT2D eigenvalue weighted by Crippen LogP contribution is 2.29. The number of rotatable bonds is 8. The van der Waals surface area contributed by atoms with E-state index in [4.69, 9.17) is 14.2 Å². The highest BCUT2D eigenvalue weighted by molar-refractivity contribution is 9.10. The number of carbonyl (C=O) groups is 2. The molecule has 7 heteroatoms. The summed E-state index contributed by atoms with van der Waals surface area (Å²) in [5.41, 5.74) is 3.36. The summed E-state index contributed by atoms with van der Waals surface area (Å²) in [4.78, 5) is 24.6. The number of carbonyl (C=O) groups excluding carboxylic acids is 2. The van der Waals surface area contributed by atoms with Gasteiger partial charge in [0, 0.05) is 4.47 Å². The lowest BCUT2D eigenvalue weighted by molar-refractivity contribution is -0.136. The number of benzene rings is 3. The smallest absolute Gasteiger partial charge is 0.412 e. The standard InChI is InChI=1S/C26H24BrNO5/c1-18-13-22(27)21(15-24(18)32-16-19-9-5-3-6-10-19)14-23(25(29)31-2)28-26(30)33-17-20-11-7-4-8-12-20/h3-15H,16-17H2,1-2H3,(H,28,30). The zero-order valence-electron chi connectivity index (χ0n) is 18.3. The molecule has 0 aromatic heterocycles. The van der Waals surface area contributed by atoms with Gasteiger partial charge >= 0.3 is 12.1 Å². The molecule has 0 unspecified atom stereocenters. The van der Waals surface area contributed by atoms with Crippen LogP contribution in [0, 0.1) is 6.92 Å². The Morgan fingerprint density at radius 3 is 2.15 bits per heavy atom. The van der Waals surface area contributed by atoms with Crippen molar-refractivity contribution in [2.45, 2.75) is 20.1 Å². The van der Waals surface area contributed by atoms with Crippen molar-refractivity contribution in [2.24, 2.45) is 0 Å². The molecule has 0 aliphatic heterocycles. The number of alkyl carbamates (subject to hydrolysis) is 1. The van der Waals surface area contributed by atoms with Gasteiger partial charge in [-0.3, -0.25) is 5.32 Å². The molecule has 0 saturated heterocycles. The van der Waals surface area contributed by atoms with Crippen molar-refractivity contribution >= 4 is 34.1 Å². The number of hydrogen-bond donors (Lipinski definition) is 1. The van der Waals surface area contributed by atoms with E-state index in [0.29, 0.717) is 17.9 Å². The Hall–Kier alpha value is -3.58. The molecule has 0 atom stereocenters. The lowest BCUT2D eigenvalue weighted by Crippen LogP contribution is -2.28. The summed E-state index contributed by atoms with van der Waals surface area (Å²) < 4.78 is 16.7. The molecular formula is C26H24BrNO5. The molecule has 0 radical (unpaired) electrons. The van der Waals surface area contributed by atoms with Gasteiger partial charge in [-0.2, -0.15) is 0 Å². The molecule has 0 fully saturated rings. The van der Waals surface area contributed by atoms with Crippen LogP contribution in [0.5, 0.6) is 5.75 Å². The normalized spacial score (nSPS) is 10.9. The lowest BCUT2D eigenvalue weighted by Gasteiger charge is -2.13. The topological polar surface area (TPSA) is 73.9 Å². The Morgan fingerprint density at radius 1 is 0.939 bits per heavy atom. The summed E-state index contributed by atoms with van der Waals surface area (Å²) >= 11 is 3.51. The van der Waals surface area contributed by atoms with Gasteiger partial charge in [0.1, 0.15) is 24.7 Å². The zero-order chi connectivity index (χ0) is 23.6. The van der Waals surface area contributed by atoms with Crippen molar-refractivity contribution < 1.29 is 23.8 Å². The summed E-state index contributed by atoms with van der Waals surface area (Å²) in [6.07, 6.45) is 0.744. The van der Waals surface area contributed by atoms with Crippen molar-refractivity contribution in [2.75, 3.05) is 7.11 Å². The first-order valence-electron chi connectivity index (χ1n) is 10.2. The van der Waals surface area contributed by atoms with Crippen LogP contribution in [0.1, 0.15) is 22.3 Å². The van der Waals surface area contributed by atoms with Crippen molar-refractivity contribution in [1.29, 1.82) is 0 Å². The van der Waals surface area contributed by atoms with Gasteiger partial charge in [-0.1, -0.05) is 76.6 Å². The molecule has 0 saturated carbocycles. The highest BCUT2D eigenvalue weighted by Gasteiger charge is 2.16. The van der Waals surface area contributed by atoms with E-state index < -0.39 is 12.1 Å². The van der Waals surface area contributed by atoms with Crippen LogP contribution >= 0.6 is 15.9 Å². The van der Waals surface area contributed by atoms with E-state index >= 15 is 0 Å². The van der Waals surface area contributed by atoms with Crippen LogP contribution in [0.4, 0.5) is 4.79 Å². The van der Waals surface area contributed by atoms with E-state index in [1.807, 2.05) is 73.7 Å². The van der Waals surface area contributed by atoms with Gasteiger partial charge in [0.2, 0.25) is 0 Å². The maximum Gasteiger partial charge on any atom is 0.412 e. The van der Waals surface area contributed by atoms with Crippen molar-refractivity contribution in [1.82, 2.24) is 5.32 Å². The Bertz CT molecular complexity index is 1130. The van der Waals surface area contributed by atoms with E-state index in [1.165, 1.54) is 13.2 Å². The number of hydrogen-bond acceptors (Lipinski definition) is 5. The first-order valence-corrected chi connectivity index (χ1v) is 11.0. The van der Waals surface area contributed by atoms with Crippen LogP contribution in [0.25, 0.3) is 6.08 Å². The molecule has 3 rings (SSSR count). The van der Waals surface area contributed by atoms with E-state index in [1.54, 1.807) is 6.07 Å². The van der Waals surface area contributed by atoms with Gasteiger partial charge in [0.05, 0.1) is 7.11 Å². The van der Waals surface area contributed by atoms with E-state index in [9.17, 15) is 9.59 Å². The summed E-state index contributed by atoms with van der Waals surface area (Å²) in [5.74, 6) is -0.0462. The zero-order valence-corrected chi connectivity index (χ0v) is 19.9. The fourth-order valence-corrected chi connectivity index (χ4v) is 3.52. The number of halogens is 1. The first kappa shape index (κ1) is 24.1. The Labute approximate surface area is 201 Å². The fraction of sp³-hybridized carbons (Fsp3) is 0.154. The average Bonchev–Trinajstić information content (AvgIpc) is 2.84. The van der Waals surface area contributed by atoms with E-state index in [0.717, 1.165) is 21.2 Å². The largest absolute Gasteiger partial charge is 0.489 e. The maximum absolute atomic E-state index is 12.3. The van der Waals surface area contributed by atoms with E-state index in [-0.39, 0.29) is 12.3 Å². The minimum Gasteiger partial charge on any atom is -0.489 e. The van der Waals surface area contributed by atoms with Crippen molar-refractivity contribution in [3.63, 3.8) is 0 Å². The summed E-state index contributed by atoms with van der Waals surface area (Å²) in [6, 6.07) is 22.7. The number of amides is 1. The molecule has 0 aliphatic carbocycles. The minimum atomic E-state index is -0.765. The van der Waals surface area contributed by atoms with Gasteiger partial charge in [0.25, 0.3) is 0 Å². The maximum atomic E-state index is 12.3. The molecule has 0 aliphatic rings. The van der Waals surface area contributed by atoms with Gasteiger partial charge in [-0.25, -0.2) is 9.59 Å². The van der Waals surface area contributed by atoms with Crippen LogP contribution in [-0.2, 0) is 27.5 Å². The number of nitrogens with one attached hydrogen (secondary N) is 1. The number of methoxy groups -OCH3 is 1. The van der Waals surface area contributed by atoms with Crippen LogP contribution in [0.3, 0.4) is 0 Å². The third-order valence-corrected chi connectivity index (χ3v) is 5.37. The predicted molar refractivity (Wildman–Crippen MR) is 129 cm³/mol. The van der Waals surface area contributed by atoms with Gasteiger partial charge in [-0.15, -0.1) is 0 Å². The molecule has 0 spiro atoms. The summed E-state index contributed by atoms with van der Waals surface area (Å²) in [5, 5.41) is 2.47. The molecular weight excluding hydrogens is 486 g/mol. The fourth-order valence-electron chi connectivity index (χ4n) is 2.95. The first-order chi connectivity index (χ1) is 16.0. The van der Waals surface area contributed by atoms with Crippen LogP contribution in [0.2, 0.25) is 0 Å². The second-order valence-corrected chi connectivity index (χ2v) is 8.00. The van der Waals surface area contributed by atoms with Crippen molar-refractivity contribution in [3.8, 4) is 5.75 Å². The second-order valence-electron chi connectivity index (χ2n) is 7.15. The van der Waals surface area contributed by atoms with Crippen LogP contribution < -0.4 is 10.1 Å². The Balaban J connectivity index is 1.76. The lowest BCUT2D eigenvalue weighted by atomic mass is 10.1. The predicted octanol–water partition coefficient (Wildman–Crippen LogP) is 5.78. The molecule has 170 valence electrons. The molecule has 33 heavy (non-hydrogen) atoms. The molecule has 0 bridgehead atoms. The Morgan fingerprint density at radius 2 is 1.55 bits per heavy atom. The Kier molecular flexibility index (Phi) is 8.66. The number of ether oxygens (including phenoxy) is 3. The van der Waals surface area contributed by atoms with Gasteiger partial charge in [-0.05, 0) is 47.4 Å². The third-order valence-electron chi connectivity index (χ3n) is 4.69. The van der Waals surface area contributed by atoms with Gasteiger partial charge in [0.15, 0.2) is 0 Å². The molecule has 3 aromatic rings. The van der Waals surface area contributed by atoms with Crippen LogP contribution in [0.15, 0.2) is 83.0 Å². The number of esters is 1. The van der Waals surface area contributed by atoms with Gasteiger partial charge < -0.3 is 14.2 Å². The minimum absolute atomic E-state index is 0.0610. The highest BCUT2D eigenvalue weighted by atomic mass is 79.9. The number of aryl methyl sites for hydroxylation is 1. The summed E-state index contributed by atoms with van der Waals surface area (Å²) in [7, 11) is 1.24. The molecule has 1 amide bonds.